The fraction of sp³-hybridized carbons (Fsp3) is 0.762. The maximum atomic E-state index is 10.4. The molecular weight excluding hydrogens is 340 g/mol. The minimum Gasteiger partial charge on any atom is -0.390 e. The van der Waals surface area contributed by atoms with Crippen LogP contribution in [0.4, 0.5) is 5.95 Å². The Hall–Kier alpha value is -1.71. The van der Waals surface area contributed by atoms with Gasteiger partial charge in [0.25, 0.3) is 0 Å². The lowest BCUT2D eigenvalue weighted by Gasteiger charge is -2.34. The maximum Gasteiger partial charge on any atom is 0.223 e. The van der Waals surface area contributed by atoms with E-state index in [-0.39, 0.29) is 0 Å². The Labute approximate surface area is 162 Å². The predicted octanol–water partition coefficient (Wildman–Crippen LogP) is 3.59. The molecule has 0 aliphatic heterocycles. The summed E-state index contributed by atoms with van der Waals surface area (Å²) >= 11 is 0. The van der Waals surface area contributed by atoms with Gasteiger partial charge < -0.3 is 15.2 Å². The molecule has 1 aromatic heterocycles. The molecule has 148 valence electrons. The van der Waals surface area contributed by atoms with Gasteiger partial charge in [0.1, 0.15) is 6.07 Å². The second-order valence-corrected chi connectivity index (χ2v) is 8.40. The van der Waals surface area contributed by atoms with Crippen LogP contribution in [0.3, 0.4) is 0 Å². The van der Waals surface area contributed by atoms with Crippen molar-refractivity contribution >= 4 is 5.95 Å². The number of hydrogen-bond donors (Lipinski definition) is 2. The van der Waals surface area contributed by atoms with Gasteiger partial charge in [0.15, 0.2) is 0 Å². The second kappa shape index (κ2) is 8.99. The average Bonchev–Trinajstić information content (AvgIpc) is 2.63. The van der Waals surface area contributed by atoms with Crippen LogP contribution in [-0.4, -0.2) is 39.4 Å². The molecule has 6 nitrogen and oxygen atoms in total. The van der Waals surface area contributed by atoms with Crippen LogP contribution in [0, 0.1) is 17.2 Å². The van der Waals surface area contributed by atoms with Gasteiger partial charge >= 0.3 is 0 Å². The number of nitrogens with zero attached hydrogens (tertiary/aromatic N) is 3. The van der Waals surface area contributed by atoms with Crippen molar-refractivity contribution in [2.45, 2.75) is 89.4 Å². The summed E-state index contributed by atoms with van der Waals surface area (Å²) in [5.41, 5.74) is 0.759. The van der Waals surface area contributed by atoms with E-state index >= 15 is 0 Å². The second-order valence-electron chi connectivity index (χ2n) is 8.40. The molecule has 1 aromatic rings. The Morgan fingerprint density at radius 1 is 1.33 bits per heavy atom. The van der Waals surface area contributed by atoms with Gasteiger partial charge in [-0.2, -0.15) is 5.26 Å². The molecular formula is C21H32N4O2. The normalized spacial score (nSPS) is 31.3. The first-order valence-electron chi connectivity index (χ1n) is 10.4. The zero-order valence-electron chi connectivity index (χ0n) is 16.6. The molecule has 27 heavy (non-hydrogen) atoms. The van der Waals surface area contributed by atoms with Gasteiger partial charge in [-0.05, 0) is 71.1 Å². The number of nitrogens with one attached hydrogen (secondary N) is 1. The molecule has 2 atom stereocenters. The number of aromatic nitrogens is 2. The lowest BCUT2D eigenvalue weighted by Crippen LogP contribution is -2.33. The van der Waals surface area contributed by atoms with Crippen LogP contribution in [0.25, 0.3) is 0 Å². The van der Waals surface area contributed by atoms with Crippen molar-refractivity contribution in [1.82, 2.24) is 9.97 Å². The molecule has 6 heteroatoms. The highest BCUT2D eigenvalue weighted by molar-refractivity contribution is 5.37. The molecule has 2 aliphatic carbocycles. The number of nitriles is 1. The summed E-state index contributed by atoms with van der Waals surface area (Å²) in [5, 5.41) is 23.2. The van der Waals surface area contributed by atoms with E-state index in [9.17, 15) is 10.4 Å². The smallest absolute Gasteiger partial charge is 0.223 e. The Kier molecular flexibility index (Phi) is 6.67. The van der Waals surface area contributed by atoms with Crippen molar-refractivity contribution in [1.29, 1.82) is 5.26 Å². The molecule has 2 fully saturated rings. The highest BCUT2D eigenvalue weighted by Crippen LogP contribution is 2.34. The van der Waals surface area contributed by atoms with Gasteiger partial charge in [-0.1, -0.05) is 6.42 Å². The van der Waals surface area contributed by atoms with E-state index in [1.54, 1.807) is 6.20 Å². The summed E-state index contributed by atoms with van der Waals surface area (Å²) in [4.78, 5) is 9.03. The average molecular weight is 373 g/mol. The standard InChI is InChI=1S/C21H32N4O2/c1-3-27-18-8-6-17(7-9-18)24-20-23-14-16(13-22)19(25-20)11-15-5-4-10-21(2,26)12-15/h14-15,17-18,26H,3-12H2,1-2H3,(H,23,24,25)/t15-,17?,18?,21?/m0/s1. The summed E-state index contributed by atoms with van der Waals surface area (Å²) in [6.45, 7) is 4.73. The molecule has 3 rings (SSSR count). The first-order chi connectivity index (χ1) is 13.0. The Bertz CT molecular complexity index is 663. The molecule has 0 saturated heterocycles. The third-order valence-electron chi connectivity index (χ3n) is 5.94. The largest absolute Gasteiger partial charge is 0.390 e. The van der Waals surface area contributed by atoms with E-state index in [1.807, 2.05) is 13.8 Å². The zero-order chi connectivity index (χ0) is 19.3. The molecule has 0 amide bonds. The molecule has 0 aromatic carbocycles. The van der Waals surface area contributed by atoms with Crippen molar-refractivity contribution in [3.63, 3.8) is 0 Å². The highest BCUT2D eigenvalue weighted by atomic mass is 16.5. The van der Waals surface area contributed by atoms with Crippen molar-refractivity contribution in [2.75, 3.05) is 11.9 Å². The van der Waals surface area contributed by atoms with E-state index in [1.165, 1.54) is 0 Å². The number of anilines is 1. The zero-order valence-corrected chi connectivity index (χ0v) is 16.6. The fourth-order valence-electron chi connectivity index (χ4n) is 4.57. The molecule has 0 bridgehead atoms. The Balaban J connectivity index is 1.63. The highest BCUT2D eigenvalue weighted by Gasteiger charge is 2.30. The number of ether oxygens (including phenoxy) is 1. The SMILES string of the molecule is CCOC1CCC(Nc2ncc(C#N)c(C[C@@H]3CCCC(C)(O)C3)n2)CC1. The Morgan fingerprint density at radius 3 is 2.78 bits per heavy atom. The quantitative estimate of drug-likeness (QED) is 0.793. The minimum atomic E-state index is -0.594. The summed E-state index contributed by atoms with van der Waals surface area (Å²) in [7, 11) is 0. The summed E-state index contributed by atoms with van der Waals surface area (Å²) in [6.07, 6.45) is 10.7. The van der Waals surface area contributed by atoms with Crippen LogP contribution in [0.5, 0.6) is 0 Å². The van der Waals surface area contributed by atoms with E-state index in [0.717, 1.165) is 70.1 Å². The number of rotatable bonds is 6. The lowest BCUT2D eigenvalue weighted by molar-refractivity contribution is 0.00107. The van der Waals surface area contributed by atoms with Crippen LogP contribution in [0.1, 0.15) is 76.5 Å². The first-order valence-corrected chi connectivity index (χ1v) is 10.4. The van der Waals surface area contributed by atoms with Crippen molar-refractivity contribution in [3.8, 4) is 6.07 Å². The number of hydrogen-bond acceptors (Lipinski definition) is 6. The van der Waals surface area contributed by atoms with E-state index in [2.05, 4.69) is 21.4 Å². The first kappa shape index (κ1) is 20.0. The third-order valence-corrected chi connectivity index (χ3v) is 5.94. The molecule has 2 N–H and O–H groups in total. The van der Waals surface area contributed by atoms with Crippen molar-refractivity contribution < 1.29 is 9.84 Å². The molecule has 1 heterocycles. The van der Waals surface area contributed by atoms with Crippen LogP contribution in [-0.2, 0) is 11.2 Å². The topological polar surface area (TPSA) is 91.1 Å². The molecule has 0 radical (unpaired) electrons. The van der Waals surface area contributed by atoms with Gasteiger partial charge in [-0.25, -0.2) is 9.97 Å². The van der Waals surface area contributed by atoms with E-state index in [0.29, 0.717) is 29.6 Å². The summed E-state index contributed by atoms with van der Waals surface area (Å²) in [5.74, 6) is 0.983. The lowest BCUT2D eigenvalue weighted by atomic mass is 9.77. The van der Waals surface area contributed by atoms with Gasteiger partial charge in [-0.15, -0.1) is 0 Å². The van der Waals surface area contributed by atoms with Crippen molar-refractivity contribution in [3.05, 3.63) is 17.5 Å². The molecule has 1 unspecified atom stereocenters. The predicted molar refractivity (Wildman–Crippen MR) is 104 cm³/mol. The monoisotopic (exact) mass is 372 g/mol. The van der Waals surface area contributed by atoms with Crippen LogP contribution in [0.2, 0.25) is 0 Å². The van der Waals surface area contributed by atoms with Crippen molar-refractivity contribution in [2.24, 2.45) is 5.92 Å². The third kappa shape index (κ3) is 5.63. The summed E-state index contributed by atoms with van der Waals surface area (Å²) < 4.78 is 5.72. The summed E-state index contributed by atoms with van der Waals surface area (Å²) in [6, 6.07) is 2.58. The maximum absolute atomic E-state index is 10.4. The van der Waals surface area contributed by atoms with Gasteiger partial charge in [0.2, 0.25) is 5.95 Å². The van der Waals surface area contributed by atoms with Crippen LogP contribution in [0.15, 0.2) is 6.20 Å². The van der Waals surface area contributed by atoms with E-state index in [4.69, 9.17) is 4.74 Å². The fourth-order valence-corrected chi connectivity index (χ4v) is 4.57. The molecule has 0 spiro atoms. The number of aliphatic hydroxyl groups is 1. The minimum absolute atomic E-state index is 0.359. The molecule has 2 aliphatic rings. The van der Waals surface area contributed by atoms with Crippen LogP contribution < -0.4 is 5.32 Å². The Morgan fingerprint density at radius 2 is 2.11 bits per heavy atom. The van der Waals surface area contributed by atoms with Gasteiger partial charge in [0.05, 0.1) is 29.2 Å². The van der Waals surface area contributed by atoms with Gasteiger partial charge in [0, 0.05) is 12.6 Å². The van der Waals surface area contributed by atoms with Gasteiger partial charge in [-0.3, -0.25) is 0 Å². The molecule has 2 saturated carbocycles. The van der Waals surface area contributed by atoms with Crippen LogP contribution >= 0.6 is 0 Å². The van der Waals surface area contributed by atoms with E-state index < -0.39 is 5.60 Å².